The molecular formula is C26H30FN7O4. The van der Waals surface area contributed by atoms with Crippen molar-refractivity contribution in [3.05, 3.63) is 52.1 Å². The molecule has 0 atom stereocenters. The Morgan fingerprint density at radius 3 is 2.66 bits per heavy atom. The van der Waals surface area contributed by atoms with Crippen LogP contribution < -0.4 is 19.1 Å². The zero-order valence-electron chi connectivity index (χ0n) is 22.0. The van der Waals surface area contributed by atoms with Crippen LogP contribution in [0.15, 0.2) is 18.2 Å². The fourth-order valence-electron chi connectivity index (χ4n) is 4.90. The number of aromatic amines is 1. The molecule has 2 aromatic carbocycles. The van der Waals surface area contributed by atoms with E-state index in [1.54, 1.807) is 11.0 Å². The Morgan fingerprint density at radius 1 is 1.21 bits per heavy atom. The predicted octanol–water partition coefficient (Wildman–Crippen LogP) is 3.08. The second-order valence-corrected chi connectivity index (χ2v) is 10.3. The fourth-order valence-corrected chi connectivity index (χ4v) is 4.90. The quantitative estimate of drug-likeness (QED) is 0.449. The van der Waals surface area contributed by atoms with Gasteiger partial charge in [-0.25, -0.2) is 4.39 Å². The maximum absolute atomic E-state index is 15.2. The number of benzene rings is 2. The van der Waals surface area contributed by atoms with Gasteiger partial charge in [0.25, 0.3) is 0 Å². The Kier molecular flexibility index (Phi) is 6.41. The minimum atomic E-state index is -0.667. The number of carbonyl (C=O) groups excluding carboxylic acids is 1. The van der Waals surface area contributed by atoms with Crippen molar-refractivity contribution < 1.29 is 23.4 Å². The van der Waals surface area contributed by atoms with Crippen LogP contribution in [0, 0.1) is 11.2 Å². The lowest BCUT2D eigenvalue weighted by atomic mass is 9.84. The smallest absolute Gasteiger partial charge is 0.197 e. The number of hydrogen-bond acceptors (Lipinski definition) is 9. The number of anilines is 1. The van der Waals surface area contributed by atoms with Crippen LogP contribution in [-0.2, 0) is 18.5 Å². The predicted molar refractivity (Wildman–Crippen MR) is 137 cm³/mol. The van der Waals surface area contributed by atoms with Gasteiger partial charge < -0.3 is 24.0 Å². The fraction of sp³-hybridized carbons (Fsp3) is 0.423. The van der Waals surface area contributed by atoms with Crippen molar-refractivity contribution in [2.24, 2.45) is 0 Å². The average Bonchev–Trinajstić information content (AvgIpc) is 3.50. The third kappa shape index (κ3) is 4.39. The van der Waals surface area contributed by atoms with E-state index in [2.05, 4.69) is 46.3 Å². The molecule has 0 unspecified atom stereocenters. The third-order valence-corrected chi connectivity index (χ3v) is 6.81. The number of fused-ring (bicyclic) bond motifs is 2. The van der Waals surface area contributed by atoms with E-state index in [0.717, 1.165) is 17.0 Å². The van der Waals surface area contributed by atoms with Gasteiger partial charge in [0.2, 0.25) is 0 Å². The third-order valence-electron chi connectivity index (χ3n) is 6.81. The number of Topliss-reactive ketones (excluding diaryl/α,β-unsaturated/α-hetero) is 1. The number of methoxy groups -OCH3 is 2. The normalized spacial score (nSPS) is 14.7. The lowest BCUT2D eigenvalue weighted by Gasteiger charge is -2.35. The van der Waals surface area contributed by atoms with Gasteiger partial charge in [0.05, 0.1) is 45.1 Å². The molecule has 2 aliphatic heterocycles. The number of tetrazole rings is 1. The molecule has 0 saturated carbocycles. The minimum Gasteiger partial charge on any atom is -0.493 e. The van der Waals surface area contributed by atoms with E-state index in [1.807, 2.05) is 12.1 Å². The number of rotatable bonds is 7. The molecule has 3 aromatic rings. The summed E-state index contributed by atoms with van der Waals surface area (Å²) in [4.78, 5) is 17.3. The maximum Gasteiger partial charge on any atom is 0.197 e. The van der Waals surface area contributed by atoms with Crippen LogP contribution in [0.1, 0.15) is 53.6 Å². The molecule has 5 rings (SSSR count). The van der Waals surface area contributed by atoms with E-state index < -0.39 is 5.82 Å². The van der Waals surface area contributed by atoms with Gasteiger partial charge in [-0.3, -0.25) is 10.2 Å². The number of nitrogens with zero attached hydrogens (tertiary/aromatic N) is 5. The van der Waals surface area contributed by atoms with Crippen LogP contribution in [-0.4, -0.2) is 71.1 Å². The summed E-state index contributed by atoms with van der Waals surface area (Å²) in [6.07, 6.45) is 0. The lowest BCUT2D eigenvalue weighted by Crippen LogP contribution is -2.35. The van der Waals surface area contributed by atoms with Crippen LogP contribution in [0.5, 0.6) is 17.2 Å². The Labute approximate surface area is 219 Å². The summed E-state index contributed by atoms with van der Waals surface area (Å²) in [5, 5.41) is 22.8. The lowest BCUT2D eigenvalue weighted by molar-refractivity contribution is 0.0962. The molecule has 2 aliphatic rings. The number of halogens is 1. The largest absolute Gasteiger partial charge is 0.493 e. The highest BCUT2D eigenvalue weighted by Gasteiger charge is 2.34. The van der Waals surface area contributed by atoms with Gasteiger partial charge in [0, 0.05) is 17.7 Å². The first kappa shape index (κ1) is 25.4. The van der Waals surface area contributed by atoms with E-state index >= 15 is 4.39 Å². The van der Waals surface area contributed by atoms with E-state index in [9.17, 15) is 4.79 Å². The van der Waals surface area contributed by atoms with Crippen LogP contribution in [0.2, 0.25) is 0 Å². The van der Waals surface area contributed by atoms with Crippen molar-refractivity contribution in [2.45, 2.75) is 39.3 Å². The van der Waals surface area contributed by atoms with Crippen molar-refractivity contribution in [1.29, 1.82) is 5.41 Å². The molecule has 12 heteroatoms. The van der Waals surface area contributed by atoms with Gasteiger partial charge in [-0.15, -0.1) is 10.2 Å². The highest BCUT2D eigenvalue weighted by molar-refractivity contribution is 6.06. The molecular weight excluding hydrogens is 493 g/mol. The summed E-state index contributed by atoms with van der Waals surface area (Å²) >= 11 is 0. The van der Waals surface area contributed by atoms with Crippen molar-refractivity contribution in [3.63, 3.8) is 0 Å². The number of ether oxygens (including phenoxy) is 3. The SMILES string of the molecule is COc1cc2c(c(F)c1OC)C(=N)N(CC(=O)c1cc3c(c(C(C)(C)C)c1)OCCN3Cc1nn[nH]n1)C2. The monoisotopic (exact) mass is 523 g/mol. The van der Waals surface area contributed by atoms with Crippen molar-refractivity contribution in [2.75, 3.05) is 38.8 Å². The summed E-state index contributed by atoms with van der Waals surface area (Å²) in [7, 11) is 2.78. The van der Waals surface area contributed by atoms with Gasteiger partial charge in [-0.2, -0.15) is 5.21 Å². The van der Waals surface area contributed by atoms with E-state index in [-0.39, 0.29) is 47.2 Å². The van der Waals surface area contributed by atoms with Crippen molar-refractivity contribution >= 4 is 17.3 Å². The van der Waals surface area contributed by atoms with Crippen LogP contribution in [0.3, 0.4) is 0 Å². The van der Waals surface area contributed by atoms with Crippen LogP contribution in [0.4, 0.5) is 10.1 Å². The first-order chi connectivity index (χ1) is 18.1. The molecule has 11 nitrogen and oxygen atoms in total. The van der Waals surface area contributed by atoms with Gasteiger partial charge in [0.15, 0.2) is 28.9 Å². The number of ketones is 1. The first-order valence-corrected chi connectivity index (χ1v) is 12.2. The van der Waals surface area contributed by atoms with Crippen LogP contribution in [0.25, 0.3) is 0 Å². The highest BCUT2D eigenvalue weighted by Crippen LogP contribution is 2.43. The second kappa shape index (κ2) is 9.58. The number of H-pyrrole nitrogens is 1. The molecule has 2 N–H and O–H groups in total. The molecule has 0 bridgehead atoms. The van der Waals surface area contributed by atoms with Crippen molar-refractivity contribution in [1.82, 2.24) is 25.5 Å². The Hall–Kier alpha value is -4.22. The molecule has 3 heterocycles. The summed E-state index contributed by atoms with van der Waals surface area (Å²) in [6.45, 7) is 7.80. The summed E-state index contributed by atoms with van der Waals surface area (Å²) in [5.41, 5.74) is 2.54. The molecule has 1 aromatic heterocycles. The van der Waals surface area contributed by atoms with Crippen LogP contribution >= 0.6 is 0 Å². The summed E-state index contributed by atoms with van der Waals surface area (Å²) in [5.74, 6) is 0.517. The van der Waals surface area contributed by atoms with Gasteiger partial charge in [0.1, 0.15) is 18.2 Å². The zero-order valence-corrected chi connectivity index (χ0v) is 22.0. The highest BCUT2D eigenvalue weighted by atomic mass is 19.1. The molecule has 0 aliphatic carbocycles. The average molecular weight is 524 g/mol. The maximum atomic E-state index is 15.2. The molecule has 38 heavy (non-hydrogen) atoms. The summed E-state index contributed by atoms with van der Waals surface area (Å²) in [6, 6.07) is 5.32. The molecule has 0 amide bonds. The Morgan fingerprint density at radius 2 is 2.00 bits per heavy atom. The minimum absolute atomic E-state index is 0.0598. The molecule has 0 saturated heterocycles. The molecule has 200 valence electrons. The Balaban J connectivity index is 1.47. The van der Waals surface area contributed by atoms with E-state index in [4.69, 9.17) is 19.6 Å². The van der Waals surface area contributed by atoms with Gasteiger partial charge in [-0.1, -0.05) is 26.0 Å². The molecule has 0 spiro atoms. The molecule has 0 fully saturated rings. The molecule has 0 radical (unpaired) electrons. The number of carbonyl (C=O) groups is 1. The van der Waals surface area contributed by atoms with Gasteiger partial charge >= 0.3 is 0 Å². The topological polar surface area (TPSA) is 130 Å². The first-order valence-electron chi connectivity index (χ1n) is 12.2. The standard InChI is InChI=1S/C26H30FN7O4/c1-26(2,3)16-8-14(9-17-23(16)38-7-6-33(17)13-20-29-31-32-30-20)18(35)12-34-11-15-10-19(36-4)24(37-5)22(27)21(15)25(34)28/h8-10,28H,6-7,11-13H2,1-5H3,(H,29,30,31,32). The number of nitrogens with one attached hydrogen (secondary N) is 2. The Bertz CT molecular complexity index is 1400. The van der Waals surface area contributed by atoms with Gasteiger partial charge in [-0.05, 0) is 29.2 Å². The number of hydrogen-bond donors (Lipinski definition) is 2. The number of amidine groups is 1. The zero-order chi connectivity index (χ0) is 27.2. The summed E-state index contributed by atoms with van der Waals surface area (Å²) < 4.78 is 31.7. The van der Waals surface area contributed by atoms with Crippen molar-refractivity contribution in [3.8, 4) is 17.2 Å². The number of aromatic nitrogens is 4. The van der Waals surface area contributed by atoms with E-state index in [0.29, 0.717) is 36.6 Å². The second-order valence-electron chi connectivity index (χ2n) is 10.3. The van der Waals surface area contributed by atoms with E-state index in [1.165, 1.54) is 14.2 Å².